The summed E-state index contributed by atoms with van der Waals surface area (Å²) >= 11 is 1.95. The molecular weight excluding hydrogens is 463 g/mol. The number of nitrogens with zero attached hydrogens (tertiary/aromatic N) is 2. The smallest absolute Gasteiger partial charge is 0.191 e. The lowest BCUT2D eigenvalue weighted by Crippen LogP contribution is -2.54. The van der Waals surface area contributed by atoms with Crippen LogP contribution in [0.2, 0.25) is 0 Å². The second-order valence-corrected chi connectivity index (χ2v) is 8.54. The third kappa shape index (κ3) is 7.33. The maximum absolute atomic E-state index is 5.53. The lowest BCUT2D eigenvalue weighted by Gasteiger charge is -2.38. The summed E-state index contributed by atoms with van der Waals surface area (Å²) in [5.41, 5.74) is 0. The molecule has 0 aromatic heterocycles. The number of morpholine rings is 1. The number of thioether (sulfide) groups is 1. The molecule has 0 aromatic rings. The Morgan fingerprint density at radius 1 is 1.12 bits per heavy atom. The van der Waals surface area contributed by atoms with E-state index in [0.29, 0.717) is 12.0 Å². The van der Waals surface area contributed by atoms with Gasteiger partial charge in [0.25, 0.3) is 0 Å². The van der Waals surface area contributed by atoms with Crippen LogP contribution in [0, 0.1) is 5.92 Å². The molecular formula is C18H37IN4O2S. The van der Waals surface area contributed by atoms with Crippen LogP contribution >= 0.6 is 35.7 Å². The molecule has 1 unspecified atom stereocenters. The first-order chi connectivity index (χ1) is 12.1. The number of ether oxygens (including phenoxy) is 2. The van der Waals surface area contributed by atoms with Crippen LogP contribution in [-0.4, -0.2) is 87.6 Å². The summed E-state index contributed by atoms with van der Waals surface area (Å²) in [6, 6.07) is 0.500. The van der Waals surface area contributed by atoms with E-state index in [-0.39, 0.29) is 28.7 Å². The van der Waals surface area contributed by atoms with Crippen LogP contribution in [0.5, 0.6) is 0 Å². The van der Waals surface area contributed by atoms with Crippen LogP contribution in [0.1, 0.15) is 26.7 Å². The molecule has 1 atom stereocenters. The van der Waals surface area contributed by atoms with E-state index in [4.69, 9.17) is 9.47 Å². The Kier molecular flexibility index (Phi) is 11.8. The average Bonchev–Trinajstić information content (AvgIpc) is 2.65. The highest BCUT2D eigenvalue weighted by Crippen LogP contribution is 2.32. The maximum Gasteiger partial charge on any atom is 0.191 e. The fraction of sp³-hybridized carbons (Fsp3) is 0.944. The van der Waals surface area contributed by atoms with Crippen molar-refractivity contribution in [1.82, 2.24) is 15.5 Å². The molecule has 2 saturated heterocycles. The van der Waals surface area contributed by atoms with Crippen LogP contribution in [-0.2, 0) is 9.47 Å². The van der Waals surface area contributed by atoms with Gasteiger partial charge in [-0.15, -0.1) is 24.0 Å². The predicted molar refractivity (Wildman–Crippen MR) is 122 cm³/mol. The van der Waals surface area contributed by atoms with Crippen molar-refractivity contribution in [3.63, 3.8) is 0 Å². The molecule has 2 N–H and O–H groups in total. The van der Waals surface area contributed by atoms with Gasteiger partial charge >= 0.3 is 0 Å². The lowest BCUT2D eigenvalue weighted by molar-refractivity contribution is 0.00751. The molecule has 2 rings (SSSR count). The SMILES string of the molecule is CN=C(NCC(C(C)C)N1CCOCC1)NCC1(SC)CCOCC1.I. The second-order valence-electron chi connectivity index (χ2n) is 7.27. The van der Waals surface area contributed by atoms with Crippen molar-refractivity contribution in [2.24, 2.45) is 10.9 Å². The summed E-state index contributed by atoms with van der Waals surface area (Å²) in [6.45, 7) is 11.9. The number of hydrogen-bond donors (Lipinski definition) is 2. The zero-order valence-corrected chi connectivity index (χ0v) is 19.9. The van der Waals surface area contributed by atoms with Gasteiger partial charge in [-0.2, -0.15) is 11.8 Å². The lowest BCUT2D eigenvalue weighted by atomic mass is 9.99. The first-order valence-corrected chi connectivity index (χ1v) is 10.7. The topological polar surface area (TPSA) is 58.1 Å². The van der Waals surface area contributed by atoms with E-state index < -0.39 is 0 Å². The van der Waals surface area contributed by atoms with Crippen LogP contribution < -0.4 is 10.6 Å². The van der Waals surface area contributed by atoms with Gasteiger partial charge in [0.1, 0.15) is 0 Å². The molecule has 0 saturated carbocycles. The van der Waals surface area contributed by atoms with Crippen molar-refractivity contribution < 1.29 is 9.47 Å². The van der Waals surface area contributed by atoms with Gasteiger partial charge < -0.3 is 20.1 Å². The van der Waals surface area contributed by atoms with Crippen molar-refractivity contribution in [2.75, 3.05) is 65.9 Å². The molecule has 0 radical (unpaired) electrons. The third-order valence-corrected chi connectivity index (χ3v) is 6.82. The summed E-state index contributed by atoms with van der Waals surface area (Å²) in [5, 5.41) is 7.09. The van der Waals surface area contributed by atoms with Crippen molar-refractivity contribution >= 4 is 41.7 Å². The fourth-order valence-corrected chi connectivity index (χ4v) is 4.35. The number of halogens is 1. The Morgan fingerprint density at radius 2 is 1.73 bits per heavy atom. The van der Waals surface area contributed by atoms with Gasteiger partial charge in [-0.3, -0.25) is 9.89 Å². The molecule has 26 heavy (non-hydrogen) atoms. The van der Waals surface area contributed by atoms with Gasteiger partial charge in [-0.1, -0.05) is 13.8 Å². The number of guanidine groups is 1. The van der Waals surface area contributed by atoms with E-state index >= 15 is 0 Å². The molecule has 8 heteroatoms. The van der Waals surface area contributed by atoms with E-state index in [2.05, 4.69) is 40.6 Å². The summed E-state index contributed by atoms with van der Waals surface area (Å²) in [7, 11) is 1.85. The molecule has 0 spiro atoms. The quantitative estimate of drug-likeness (QED) is 0.317. The zero-order chi connectivity index (χ0) is 18.1. The Balaban J connectivity index is 0.00000338. The minimum atomic E-state index is 0. The van der Waals surface area contributed by atoms with Crippen LogP contribution in [0.3, 0.4) is 0 Å². The zero-order valence-electron chi connectivity index (χ0n) is 16.8. The Morgan fingerprint density at radius 3 is 2.27 bits per heavy atom. The van der Waals surface area contributed by atoms with E-state index in [9.17, 15) is 0 Å². The Bertz CT molecular complexity index is 414. The first kappa shape index (κ1) is 24.3. The minimum absolute atomic E-state index is 0. The molecule has 154 valence electrons. The molecule has 6 nitrogen and oxygen atoms in total. The largest absolute Gasteiger partial charge is 0.381 e. The monoisotopic (exact) mass is 500 g/mol. The van der Waals surface area contributed by atoms with Crippen molar-refractivity contribution in [1.29, 1.82) is 0 Å². The maximum atomic E-state index is 5.53. The Labute approximate surface area is 180 Å². The normalized spacial score (nSPS) is 22.6. The number of hydrogen-bond acceptors (Lipinski definition) is 5. The number of rotatable bonds is 7. The molecule has 2 heterocycles. The van der Waals surface area contributed by atoms with E-state index in [0.717, 1.165) is 71.4 Å². The van der Waals surface area contributed by atoms with Crippen LogP contribution in [0.4, 0.5) is 0 Å². The standard InChI is InChI=1S/C18H36N4O2S.HI/c1-15(2)16(22-7-11-24-12-8-22)13-20-17(19-3)21-14-18(25-4)5-9-23-10-6-18;/h15-16H,5-14H2,1-4H3,(H2,19,20,21);1H. The predicted octanol–water partition coefficient (Wildman–Crippen LogP) is 2.04. The summed E-state index contributed by atoms with van der Waals surface area (Å²) in [6.07, 6.45) is 4.40. The number of aliphatic imine (C=N–C) groups is 1. The van der Waals surface area contributed by atoms with E-state index in [1.807, 2.05) is 18.8 Å². The number of nitrogens with one attached hydrogen (secondary N) is 2. The molecule has 0 aromatic carbocycles. The average molecular weight is 500 g/mol. The minimum Gasteiger partial charge on any atom is -0.381 e. The Hall–Kier alpha value is 0.230. The van der Waals surface area contributed by atoms with Crippen molar-refractivity contribution in [3.8, 4) is 0 Å². The van der Waals surface area contributed by atoms with E-state index in [1.165, 1.54) is 0 Å². The summed E-state index contributed by atoms with van der Waals surface area (Å²) in [5.74, 6) is 1.50. The van der Waals surface area contributed by atoms with Gasteiger partial charge in [0.05, 0.1) is 13.2 Å². The molecule has 0 amide bonds. The van der Waals surface area contributed by atoms with Crippen LogP contribution in [0.25, 0.3) is 0 Å². The first-order valence-electron chi connectivity index (χ1n) is 9.49. The second kappa shape index (κ2) is 12.6. The highest BCUT2D eigenvalue weighted by molar-refractivity contribution is 14.0. The summed E-state index contributed by atoms with van der Waals surface area (Å²) < 4.78 is 11.3. The molecule has 2 aliphatic heterocycles. The third-order valence-electron chi connectivity index (χ3n) is 5.40. The molecule has 2 fully saturated rings. The van der Waals surface area contributed by atoms with Crippen molar-refractivity contribution in [2.45, 2.75) is 37.5 Å². The molecule has 0 bridgehead atoms. The van der Waals surface area contributed by atoms with Crippen LogP contribution in [0.15, 0.2) is 4.99 Å². The van der Waals surface area contributed by atoms with Crippen molar-refractivity contribution in [3.05, 3.63) is 0 Å². The molecule has 2 aliphatic rings. The van der Waals surface area contributed by atoms with Gasteiger partial charge in [-0.25, -0.2) is 0 Å². The van der Waals surface area contributed by atoms with Gasteiger partial charge in [0.15, 0.2) is 5.96 Å². The van der Waals surface area contributed by atoms with Gasteiger partial charge in [0, 0.05) is 57.2 Å². The highest BCUT2D eigenvalue weighted by atomic mass is 127. The fourth-order valence-electron chi connectivity index (χ4n) is 3.56. The molecule has 0 aliphatic carbocycles. The summed E-state index contributed by atoms with van der Waals surface area (Å²) in [4.78, 5) is 6.96. The van der Waals surface area contributed by atoms with Gasteiger partial charge in [0.2, 0.25) is 0 Å². The van der Waals surface area contributed by atoms with E-state index in [1.54, 1.807) is 0 Å². The van der Waals surface area contributed by atoms with Gasteiger partial charge in [-0.05, 0) is 25.0 Å². The highest BCUT2D eigenvalue weighted by Gasteiger charge is 2.32.